The summed E-state index contributed by atoms with van der Waals surface area (Å²) in [4.78, 5) is 23.1. The van der Waals surface area contributed by atoms with Gasteiger partial charge in [-0.3, -0.25) is 4.79 Å². The second kappa shape index (κ2) is 6.30. The molecule has 2 rings (SSSR count). The third-order valence-electron chi connectivity index (χ3n) is 3.78. The summed E-state index contributed by atoms with van der Waals surface area (Å²) in [6, 6.07) is 3.16. The summed E-state index contributed by atoms with van der Waals surface area (Å²) in [5.74, 6) is -1.52. The van der Waals surface area contributed by atoms with Crippen molar-refractivity contribution >= 4 is 29.3 Å². The number of anilines is 1. The molecule has 0 unspecified atom stereocenters. The highest BCUT2D eigenvalue weighted by Crippen LogP contribution is 2.37. The molecule has 0 bridgehead atoms. The van der Waals surface area contributed by atoms with E-state index in [2.05, 4.69) is 10.6 Å². The Morgan fingerprint density at radius 2 is 2.00 bits per heavy atom. The SMILES string of the molecule is O=C(NCC1(C(=O)O)CCCC1)Nc1cc(Cl)ccc1F. The van der Waals surface area contributed by atoms with Crippen LogP contribution in [0.5, 0.6) is 0 Å². The fraction of sp³-hybridized carbons (Fsp3) is 0.429. The molecule has 114 valence electrons. The fourth-order valence-corrected chi connectivity index (χ4v) is 2.70. The van der Waals surface area contributed by atoms with Gasteiger partial charge in [0.05, 0.1) is 11.1 Å². The van der Waals surface area contributed by atoms with E-state index in [-0.39, 0.29) is 12.2 Å². The summed E-state index contributed by atoms with van der Waals surface area (Å²) < 4.78 is 13.5. The molecule has 21 heavy (non-hydrogen) atoms. The Kier molecular flexibility index (Phi) is 4.67. The number of rotatable bonds is 4. The molecule has 1 fully saturated rings. The maximum absolute atomic E-state index is 13.5. The normalized spacial score (nSPS) is 16.5. The van der Waals surface area contributed by atoms with Crippen molar-refractivity contribution in [3.8, 4) is 0 Å². The van der Waals surface area contributed by atoms with Gasteiger partial charge in [0, 0.05) is 11.6 Å². The number of benzene rings is 1. The average Bonchev–Trinajstić information content (AvgIpc) is 2.91. The number of carboxylic acid groups (broad SMARTS) is 1. The first-order valence-corrected chi connectivity index (χ1v) is 7.04. The van der Waals surface area contributed by atoms with Crippen molar-refractivity contribution in [1.29, 1.82) is 0 Å². The van der Waals surface area contributed by atoms with Crippen molar-refractivity contribution in [2.75, 3.05) is 11.9 Å². The predicted molar refractivity (Wildman–Crippen MR) is 77.0 cm³/mol. The summed E-state index contributed by atoms with van der Waals surface area (Å²) >= 11 is 5.73. The van der Waals surface area contributed by atoms with Gasteiger partial charge in [-0.05, 0) is 31.0 Å². The van der Waals surface area contributed by atoms with E-state index in [1.54, 1.807) is 0 Å². The second-order valence-corrected chi connectivity index (χ2v) is 5.66. The van der Waals surface area contributed by atoms with E-state index in [0.29, 0.717) is 17.9 Å². The van der Waals surface area contributed by atoms with Crippen molar-refractivity contribution in [3.63, 3.8) is 0 Å². The zero-order valence-electron chi connectivity index (χ0n) is 11.3. The van der Waals surface area contributed by atoms with Crippen LogP contribution in [0, 0.1) is 11.2 Å². The van der Waals surface area contributed by atoms with Gasteiger partial charge in [-0.15, -0.1) is 0 Å². The van der Waals surface area contributed by atoms with Gasteiger partial charge >= 0.3 is 12.0 Å². The van der Waals surface area contributed by atoms with Crippen molar-refractivity contribution in [3.05, 3.63) is 29.0 Å². The van der Waals surface area contributed by atoms with Crippen LogP contribution in [0.2, 0.25) is 5.02 Å². The summed E-state index contributed by atoms with van der Waals surface area (Å²) in [6.07, 6.45) is 2.74. The Morgan fingerprint density at radius 3 is 2.62 bits per heavy atom. The first-order valence-electron chi connectivity index (χ1n) is 6.66. The van der Waals surface area contributed by atoms with Gasteiger partial charge in [-0.25, -0.2) is 9.18 Å². The Bertz CT molecular complexity index is 559. The minimum Gasteiger partial charge on any atom is -0.481 e. The molecule has 3 N–H and O–H groups in total. The van der Waals surface area contributed by atoms with Crippen molar-refractivity contribution in [2.45, 2.75) is 25.7 Å². The molecule has 5 nitrogen and oxygen atoms in total. The van der Waals surface area contributed by atoms with Gasteiger partial charge in [0.15, 0.2) is 0 Å². The molecular formula is C14H16ClFN2O3. The first-order chi connectivity index (χ1) is 9.93. The number of urea groups is 1. The van der Waals surface area contributed by atoms with E-state index < -0.39 is 23.2 Å². The molecule has 2 amide bonds. The summed E-state index contributed by atoms with van der Waals surface area (Å²) in [7, 11) is 0. The number of hydrogen-bond acceptors (Lipinski definition) is 2. The molecule has 0 saturated heterocycles. The van der Waals surface area contributed by atoms with E-state index in [1.807, 2.05) is 0 Å². The molecule has 0 radical (unpaired) electrons. The minimum absolute atomic E-state index is 0.0242. The molecule has 0 aromatic heterocycles. The van der Waals surface area contributed by atoms with E-state index in [1.165, 1.54) is 12.1 Å². The van der Waals surface area contributed by atoms with Crippen LogP contribution in [0.25, 0.3) is 0 Å². The third-order valence-corrected chi connectivity index (χ3v) is 4.01. The summed E-state index contributed by atoms with van der Waals surface area (Å²) in [5.41, 5.74) is -0.958. The molecule has 0 aliphatic heterocycles. The van der Waals surface area contributed by atoms with Gasteiger partial charge in [-0.2, -0.15) is 0 Å². The predicted octanol–water partition coefficient (Wildman–Crippen LogP) is 3.25. The van der Waals surface area contributed by atoms with Gasteiger partial charge in [0.1, 0.15) is 5.82 Å². The van der Waals surface area contributed by atoms with Crippen LogP contribution in [0.15, 0.2) is 18.2 Å². The van der Waals surface area contributed by atoms with Gasteiger partial charge < -0.3 is 15.7 Å². The fourth-order valence-electron chi connectivity index (χ4n) is 2.53. The highest BCUT2D eigenvalue weighted by molar-refractivity contribution is 6.30. The lowest BCUT2D eigenvalue weighted by Gasteiger charge is -2.24. The number of carbonyl (C=O) groups excluding carboxylic acids is 1. The third kappa shape index (κ3) is 3.64. The van der Waals surface area contributed by atoms with Gasteiger partial charge in [0.25, 0.3) is 0 Å². The largest absolute Gasteiger partial charge is 0.481 e. The Labute approximate surface area is 126 Å². The standard InChI is InChI=1S/C14H16ClFN2O3/c15-9-3-4-10(16)11(7-9)18-13(21)17-8-14(12(19)20)5-1-2-6-14/h3-4,7H,1-2,5-6,8H2,(H,19,20)(H2,17,18,21). The van der Waals surface area contributed by atoms with E-state index in [0.717, 1.165) is 18.9 Å². The molecule has 1 saturated carbocycles. The highest BCUT2D eigenvalue weighted by Gasteiger charge is 2.41. The zero-order valence-corrected chi connectivity index (χ0v) is 12.0. The topological polar surface area (TPSA) is 78.4 Å². The molecule has 1 aromatic carbocycles. The van der Waals surface area contributed by atoms with E-state index >= 15 is 0 Å². The second-order valence-electron chi connectivity index (χ2n) is 5.22. The van der Waals surface area contributed by atoms with Crippen LogP contribution in [0.4, 0.5) is 14.9 Å². The lowest BCUT2D eigenvalue weighted by molar-refractivity contribution is -0.148. The number of amides is 2. The van der Waals surface area contributed by atoms with Crippen LogP contribution in [-0.2, 0) is 4.79 Å². The first kappa shape index (κ1) is 15.6. The summed E-state index contributed by atoms with van der Waals surface area (Å²) in [5, 5.41) is 14.4. The molecule has 1 aromatic rings. The van der Waals surface area contributed by atoms with Crippen molar-refractivity contribution in [2.24, 2.45) is 5.41 Å². The van der Waals surface area contributed by atoms with Crippen LogP contribution in [-0.4, -0.2) is 23.7 Å². The Hall–Kier alpha value is -1.82. The van der Waals surface area contributed by atoms with Crippen LogP contribution < -0.4 is 10.6 Å². The number of halogens is 2. The monoisotopic (exact) mass is 314 g/mol. The lowest BCUT2D eigenvalue weighted by atomic mass is 9.86. The van der Waals surface area contributed by atoms with Crippen LogP contribution >= 0.6 is 11.6 Å². The molecule has 7 heteroatoms. The van der Waals surface area contributed by atoms with Gasteiger partial charge in [0.2, 0.25) is 0 Å². The quantitative estimate of drug-likeness (QED) is 0.798. The van der Waals surface area contributed by atoms with Gasteiger partial charge in [-0.1, -0.05) is 24.4 Å². The molecule has 1 aliphatic rings. The van der Waals surface area contributed by atoms with Crippen molar-refractivity contribution < 1.29 is 19.1 Å². The smallest absolute Gasteiger partial charge is 0.319 e. The number of hydrogen-bond donors (Lipinski definition) is 3. The lowest BCUT2D eigenvalue weighted by Crippen LogP contribution is -2.42. The highest BCUT2D eigenvalue weighted by atomic mass is 35.5. The maximum atomic E-state index is 13.5. The maximum Gasteiger partial charge on any atom is 0.319 e. The number of carboxylic acids is 1. The van der Waals surface area contributed by atoms with Crippen LogP contribution in [0.3, 0.4) is 0 Å². The average molecular weight is 315 g/mol. The molecule has 0 atom stereocenters. The molecule has 0 spiro atoms. The zero-order chi connectivity index (χ0) is 15.5. The molecule has 0 heterocycles. The molecule has 1 aliphatic carbocycles. The number of carbonyl (C=O) groups is 2. The summed E-state index contributed by atoms with van der Waals surface area (Å²) in [6.45, 7) is 0.0242. The Morgan fingerprint density at radius 1 is 1.33 bits per heavy atom. The van der Waals surface area contributed by atoms with E-state index in [9.17, 15) is 19.1 Å². The van der Waals surface area contributed by atoms with Crippen molar-refractivity contribution in [1.82, 2.24) is 5.32 Å². The molecular weight excluding hydrogens is 299 g/mol. The number of nitrogens with one attached hydrogen (secondary N) is 2. The van der Waals surface area contributed by atoms with E-state index in [4.69, 9.17) is 11.6 Å². The Balaban J connectivity index is 1.96. The number of aliphatic carboxylic acids is 1. The minimum atomic E-state index is -0.912. The van der Waals surface area contributed by atoms with Crippen LogP contribution in [0.1, 0.15) is 25.7 Å².